The van der Waals surface area contributed by atoms with Crippen LogP contribution in [0.4, 0.5) is 8.78 Å². The van der Waals surface area contributed by atoms with E-state index >= 15 is 0 Å². The molecule has 0 fully saturated rings. The van der Waals surface area contributed by atoms with Crippen molar-refractivity contribution in [3.63, 3.8) is 0 Å². The smallest absolute Gasteiger partial charge is 0.168 e. The van der Waals surface area contributed by atoms with Crippen LogP contribution in [-0.2, 0) is 0 Å². The van der Waals surface area contributed by atoms with Crippen molar-refractivity contribution in [2.24, 2.45) is 0 Å². The number of hydrogen-bond acceptors (Lipinski definition) is 2. The van der Waals surface area contributed by atoms with E-state index < -0.39 is 17.7 Å². The Kier molecular flexibility index (Phi) is 3.58. The summed E-state index contributed by atoms with van der Waals surface area (Å²) in [7, 11) is 0. The number of hydrogen-bond donors (Lipinski definition) is 1. The van der Waals surface area contributed by atoms with E-state index in [1.807, 2.05) is 0 Å². The first-order valence-electron chi connectivity index (χ1n) is 5.48. The summed E-state index contributed by atoms with van der Waals surface area (Å²) in [6, 6.07) is 9.66. The summed E-state index contributed by atoms with van der Waals surface area (Å²) >= 11 is 0. The summed E-state index contributed by atoms with van der Waals surface area (Å²) in [5.41, 5.74) is 0.319. The van der Waals surface area contributed by atoms with Crippen LogP contribution in [0.3, 0.4) is 0 Å². The second kappa shape index (κ2) is 5.14. The van der Waals surface area contributed by atoms with Gasteiger partial charge in [-0.25, -0.2) is 8.78 Å². The molecule has 2 nitrogen and oxygen atoms in total. The van der Waals surface area contributed by atoms with Crippen molar-refractivity contribution in [1.82, 2.24) is 0 Å². The molecule has 2 aromatic carbocycles. The fourth-order valence-corrected chi connectivity index (χ4v) is 1.61. The largest absolute Gasteiger partial charge is 0.454 e. The quantitative estimate of drug-likeness (QED) is 0.897. The van der Waals surface area contributed by atoms with E-state index in [0.717, 1.165) is 6.07 Å². The lowest BCUT2D eigenvalue weighted by Gasteiger charge is -2.13. The van der Waals surface area contributed by atoms with Crippen LogP contribution in [0.25, 0.3) is 0 Å². The monoisotopic (exact) mass is 250 g/mol. The van der Waals surface area contributed by atoms with Crippen molar-refractivity contribution in [2.45, 2.75) is 13.0 Å². The Morgan fingerprint density at radius 3 is 2.50 bits per heavy atom. The molecule has 0 aromatic heterocycles. The van der Waals surface area contributed by atoms with Gasteiger partial charge < -0.3 is 9.84 Å². The van der Waals surface area contributed by atoms with Crippen molar-refractivity contribution in [3.8, 4) is 11.5 Å². The standard InChI is InChI=1S/C14H12F2O2/c1-9(17)12-6-3-7-13(16)14(12)18-11-5-2-4-10(15)8-11/h2-9,17H,1H3/t9-/m0/s1. The third kappa shape index (κ3) is 2.65. The summed E-state index contributed by atoms with van der Waals surface area (Å²) in [5.74, 6) is -0.972. The number of ether oxygens (including phenoxy) is 1. The summed E-state index contributed by atoms with van der Waals surface area (Å²) in [5, 5.41) is 9.54. The number of aliphatic hydroxyl groups is 1. The predicted octanol–water partition coefficient (Wildman–Crippen LogP) is 3.81. The van der Waals surface area contributed by atoms with Gasteiger partial charge in [-0.1, -0.05) is 18.2 Å². The van der Waals surface area contributed by atoms with E-state index in [0.29, 0.717) is 5.56 Å². The van der Waals surface area contributed by atoms with Gasteiger partial charge in [0.1, 0.15) is 11.6 Å². The van der Waals surface area contributed by atoms with Crippen LogP contribution in [0.2, 0.25) is 0 Å². The molecule has 0 aliphatic heterocycles. The van der Waals surface area contributed by atoms with Gasteiger partial charge in [0.05, 0.1) is 6.10 Å². The Labute approximate surface area is 103 Å². The normalized spacial score (nSPS) is 12.2. The molecular weight excluding hydrogens is 238 g/mol. The van der Waals surface area contributed by atoms with Gasteiger partial charge in [0, 0.05) is 11.6 Å². The Bertz CT molecular complexity index is 553. The van der Waals surface area contributed by atoms with Gasteiger partial charge in [-0.2, -0.15) is 0 Å². The minimum atomic E-state index is -0.871. The van der Waals surface area contributed by atoms with Crippen molar-refractivity contribution in [3.05, 3.63) is 59.7 Å². The summed E-state index contributed by atoms with van der Waals surface area (Å²) < 4.78 is 32.0. The van der Waals surface area contributed by atoms with E-state index in [2.05, 4.69) is 0 Å². The van der Waals surface area contributed by atoms with Crippen molar-refractivity contribution in [2.75, 3.05) is 0 Å². The molecule has 18 heavy (non-hydrogen) atoms. The fraction of sp³-hybridized carbons (Fsp3) is 0.143. The Morgan fingerprint density at radius 2 is 1.83 bits per heavy atom. The maximum Gasteiger partial charge on any atom is 0.168 e. The van der Waals surface area contributed by atoms with Gasteiger partial charge >= 0.3 is 0 Å². The molecule has 1 atom stereocenters. The lowest BCUT2D eigenvalue weighted by atomic mass is 10.1. The maximum absolute atomic E-state index is 13.7. The highest BCUT2D eigenvalue weighted by Gasteiger charge is 2.14. The third-order valence-corrected chi connectivity index (χ3v) is 2.46. The molecule has 1 N–H and O–H groups in total. The summed E-state index contributed by atoms with van der Waals surface area (Å²) in [4.78, 5) is 0. The second-order valence-corrected chi connectivity index (χ2v) is 3.89. The van der Waals surface area contributed by atoms with Crippen molar-refractivity contribution >= 4 is 0 Å². The molecule has 0 aliphatic rings. The zero-order valence-electron chi connectivity index (χ0n) is 9.73. The Morgan fingerprint density at radius 1 is 1.11 bits per heavy atom. The lowest BCUT2D eigenvalue weighted by Crippen LogP contribution is -1.98. The second-order valence-electron chi connectivity index (χ2n) is 3.89. The van der Waals surface area contributed by atoms with E-state index in [1.54, 1.807) is 6.07 Å². The van der Waals surface area contributed by atoms with Gasteiger partial charge in [-0.05, 0) is 25.1 Å². The first-order valence-corrected chi connectivity index (χ1v) is 5.48. The van der Waals surface area contributed by atoms with Crippen LogP contribution < -0.4 is 4.74 Å². The first kappa shape index (κ1) is 12.5. The molecule has 0 unspecified atom stereocenters. The number of benzene rings is 2. The average molecular weight is 250 g/mol. The number of aliphatic hydroxyl groups excluding tert-OH is 1. The van der Waals surface area contributed by atoms with E-state index in [4.69, 9.17) is 4.74 Å². The fourth-order valence-electron chi connectivity index (χ4n) is 1.61. The predicted molar refractivity (Wildman–Crippen MR) is 63.5 cm³/mol. The molecule has 0 amide bonds. The zero-order valence-corrected chi connectivity index (χ0v) is 9.73. The van der Waals surface area contributed by atoms with E-state index in [1.165, 1.54) is 37.3 Å². The summed E-state index contributed by atoms with van der Waals surface area (Å²) in [6.07, 6.45) is -0.871. The number of para-hydroxylation sites is 1. The SMILES string of the molecule is C[C@H](O)c1cccc(F)c1Oc1cccc(F)c1. The van der Waals surface area contributed by atoms with Crippen LogP contribution in [0.15, 0.2) is 42.5 Å². The molecule has 0 aliphatic carbocycles. The van der Waals surface area contributed by atoms with Crippen molar-refractivity contribution in [1.29, 1.82) is 0 Å². The molecule has 0 saturated heterocycles. The molecule has 0 radical (unpaired) electrons. The zero-order chi connectivity index (χ0) is 13.1. The van der Waals surface area contributed by atoms with Crippen LogP contribution in [-0.4, -0.2) is 5.11 Å². The number of rotatable bonds is 3. The Balaban J connectivity index is 2.39. The molecule has 4 heteroatoms. The molecular formula is C14H12F2O2. The van der Waals surface area contributed by atoms with Gasteiger partial charge in [0.15, 0.2) is 11.6 Å². The van der Waals surface area contributed by atoms with Gasteiger partial charge in [0.2, 0.25) is 0 Å². The Hall–Kier alpha value is -1.94. The third-order valence-electron chi connectivity index (χ3n) is 2.46. The highest BCUT2D eigenvalue weighted by atomic mass is 19.1. The topological polar surface area (TPSA) is 29.5 Å². The van der Waals surface area contributed by atoms with Crippen LogP contribution in [0.5, 0.6) is 11.5 Å². The van der Waals surface area contributed by atoms with Crippen LogP contribution >= 0.6 is 0 Å². The molecule has 0 saturated carbocycles. The molecule has 0 heterocycles. The minimum absolute atomic E-state index is 0.0851. The number of halogens is 2. The lowest BCUT2D eigenvalue weighted by molar-refractivity contribution is 0.194. The highest BCUT2D eigenvalue weighted by Crippen LogP contribution is 2.32. The molecule has 0 bridgehead atoms. The highest BCUT2D eigenvalue weighted by molar-refractivity contribution is 5.40. The van der Waals surface area contributed by atoms with Crippen molar-refractivity contribution < 1.29 is 18.6 Å². The molecule has 94 valence electrons. The minimum Gasteiger partial charge on any atom is -0.454 e. The van der Waals surface area contributed by atoms with Crippen LogP contribution in [0.1, 0.15) is 18.6 Å². The summed E-state index contributed by atoms with van der Waals surface area (Å²) in [6.45, 7) is 1.51. The molecule has 2 aromatic rings. The molecule has 2 rings (SSSR count). The van der Waals surface area contributed by atoms with E-state index in [-0.39, 0.29) is 11.5 Å². The van der Waals surface area contributed by atoms with Gasteiger partial charge in [-0.3, -0.25) is 0 Å². The maximum atomic E-state index is 13.7. The van der Waals surface area contributed by atoms with Crippen LogP contribution in [0, 0.1) is 11.6 Å². The average Bonchev–Trinajstić information content (AvgIpc) is 2.31. The molecule has 0 spiro atoms. The van der Waals surface area contributed by atoms with Gasteiger partial charge in [0.25, 0.3) is 0 Å². The van der Waals surface area contributed by atoms with E-state index in [9.17, 15) is 13.9 Å². The first-order chi connectivity index (χ1) is 8.58. The van der Waals surface area contributed by atoms with Gasteiger partial charge in [-0.15, -0.1) is 0 Å².